The molecule has 0 heterocycles. The third-order valence-electron chi connectivity index (χ3n) is 3.57. The van der Waals surface area contributed by atoms with Crippen LogP contribution in [0.25, 0.3) is 22.3 Å². The summed E-state index contributed by atoms with van der Waals surface area (Å²) in [6, 6.07) is 24.9. The largest absolute Gasteiger partial charge is 0.0843 e. The highest BCUT2D eigenvalue weighted by molar-refractivity contribution is 6.30. The van der Waals surface area contributed by atoms with Gasteiger partial charge in [-0.1, -0.05) is 72.3 Å². The molecule has 0 aromatic heterocycles. The lowest BCUT2D eigenvalue weighted by Gasteiger charge is -2.12. The molecule has 0 spiro atoms. The van der Waals surface area contributed by atoms with Crippen molar-refractivity contribution in [2.45, 2.75) is 6.92 Å². The Morgan fingerprint density at radius 2 is 1.15 bits per heavy atom. The fourth-order valence-corrected chi connectivity index (χ4v) is 2.63. The van der Waals surface area contributed by atoms with Crippen LogP contribution in [0, 0.1) is 6.92 Å². The lowest BCUT2D eigenvalue weighted by Crippen LogP contribution is -1.88. The molecule has 3 aromatic rings. The fraction of sp³-hybridized carbons (Fsp3) is 0.0526. The van der Waals surface area contributed by atoms with E-state index in [0.717, 1.165) is 5.02 Å². The molecular formula is C19H15Cl. The van der Waals surface area contributed by atoms with Gasteiger partial charge in [-0.25, -0.2) is 0 Å². The molecular weight excluding hydrogens is 264 g/mol. The van der Waals surface area contributed by atoms with Crippen molar-refractivity contribution in [1.82, 2.24) is 0 Å². The minimum absolute atomic E-state index is 0.769. The van der Waals surface area contributed by atoms with E-state index in [2.05, 4.69) is 61.5 Å². The Hall–Kier alpha value is -2.05. The zero-order chi connectivity index (χ0) is 13.9. The Labute approximate surface area is 124 Å². The van der Waals surface area contributed by atoms with Gasteiger partial charge in [0.25, 0.3) is 0 Å². The van der Waals surface area contributed by atoms with Crippen LogP contribution in [-0.4, -0.2) is 0 Å². The third kappa shape index (κ3) is 2.48. The predicted octanol–water partition coefficient (Wildman–Crippen LogP) is 5.98. The first-order valence-electron chi connectivity index (χ1n) is 6.67. The van der Waals surface area contributed by atoms with Gasteiger partial charge in [-0.05, 0) is 46.9 Å². The lowest BCUT2D eigenvalue weighted by molar-refractivity contribution is 1.45. The van der Waals surface area contributed by atoms with Gasteiger partial charge in [-0.3, -0.25) is 0 Å². The summed E-state index contributed by atoms with van der Waals surface area (Å²) in [4.78, 5) is 0. The zero-order valence-electron chi connectivity index (χ0n) is 11.3. The van der Waals surface area contributed by atoms with Crippen LogP contribution in [0.15, 0.2) is 72.8 Å². The van der Waals surface area contributed by atoms with Gasteiger partial charge in [0, 0.05) is 5.02 Å². The molecule has 0 radical (unpaired) electrons. The van der Waals surface area contributed by atoms with E-state index in [4.69, 9.17) is 11.6 Å². The molecule has 0 saturated carbocycles. The molecule has 0 N–H and O–H groups in total. The topological polar surface area (TPSA) is 0 Å². The first kappa shape index (κ1) is 13.0. The first-order valence-corrected chi connectivity index (χ1v) is 7.04. The van der Waals surface area contributed by atoms with Gasteiger partial charge in [-0.2, -0.15) is 0 Å². The maximum absolute atomic E-state index is 5.97. The summed E-state index contributed by atoms with van der Waals surface area (Å²) in [5.41, 5.74) is 6.27. The molecule has 0 nitrogen and oxygen atoms in total. The summed E-state index contributed by atoms with van der Waals surface area (Å²) in [5.74, 6) is 0. The van der Waals surface area contributed by atoms with Gasteiger partial charge in [-0.15, -0.1) is 0 Å². The second-order valence-electron chi connectivity index (χ2n) is 4.85. The molecule has 0 bridgehead atoms. The highest BCUT2D eigenvalue weighted by Gasteiger charge is 2.07. The van der Waals surface area contributed by atoms with Crippen molar-refractivity contribution in [3.05, 3.63) is 83.4 Å². The van der Waals surface area contributed by atoms with Gasteiger partial charge in [0.05, 0.1) is 0 Å². The monoisotopic (exact) mass is 278 g/mol. The van der Waals surface area contributed by atoms with E-state index in [1.165, 1.54) is 27.8 Å². The van der Waals surface area contributed by atoms with Crippen LogP contribution in [0.4, 0.5) is 0 Å². The van der Waals surface area contributed by atoms with Gasteiger partial charge in [0.2, 0.25) is 0 Å². The minimum atomic E-state index is 0.769. The molecule has 1 heteroatoms. The maximum Gasteiger partial charge on any atom is 0.0406 e. The Bertz CT molecular complexity index is 713. The molecule has 20 heavy (non-hydrogen) atoms. The van der Waals surface area contributed by atoms with E-state index in [1.54, 1.807) is 0 Å². The maximum atomic E-state index is 5.97. The van der Waals surface area contributed by atoms with Crippen molar-refractivity contribution in [2.75, 3.05) is 0 Å². The van der Waals surface area contributed by atoms with E-state index in [9.17, 15) is 0 Å². The Morgan fingerprint density at radius 3 is 1.75 bits per heavy atom. The van der Waals surface area contributed by atoms with Crippen LogP contribution in [0.5, 0.6) is 0 Å². The summed E-state index contributed by atoms with van der Waals surface area (Å²) in [5, 5.41) is 0.769. The average Bonchev–Trinajstić information content (AvgIpc) is 2.49. The van der Waals surface area contributed by atoms with Crippen molar-refractivity contribution >= 4 is 11.6 Å². The summed E-state index contributed by atoms with van der Waals surface area (Å²) in [7, 11) is 0. The van der Waals surface area contributed by atoms with E-state index in [1.807, 2.05) is 18.2 Å². The van der Waals surface area contributed by atoms with Gasteiger partial charge in [0.1, 0.15) is 0 Å². The fourth-order valence-electron chi connectivity index (χ4n) is 2.51. The SMILES string of the molecule is Cc1c(-c2ccccc2)cccc1-c1ccc(Cl)cc1. The molecule has 3 aromatic carbocycles. The summed E-state index contributed by atoms with van der Waals surface area (Å²) in [6.07, 6.45) is 0. The number of halogens is 1. The summed E-state index contributed by atoms with van der Waals surface area (Å²) >= 11 is 5.97. The van der Waals surface area contributed by atoms with Crippen LogP contribution in [0.2, 0.25) is 5.02 Å². The van der Waals surface area contributed by atoms with Crippen LogP contribution in [0.3, 0.4) is 0 Å². The lowest BCUT2D eigenvalue weighted by atomic mass is 9.93. The van der Waals surface area contributed by atoms with Crippen molar-refractivity contribution in [1.29, 1.82) is 0 Å². The van der Waals surface area contributed by atoms with E-state index in [-0.39, 0.29) is 0 Å². The second-order valence-corrected chi connectivity index (χ2v) is 5.29. The van der Waals surface area contributed by atoms with Crippen molar-refractivity contribution < 1.29 is 0 Å². The van der Waals surface area contributed by atoms with Gasteiger partial charge in [0.15, 0.2) is 0 Å². The predicted molar refractivity (Wildman–Crippen MR) is 87.1 cm³/mol. The summed E-state index contributed by atoms with van der Waals surface area (Å²) in [6.45, 7) is 2.17. The second kappa shape index (κ2) is 5.52. The normalized spacial score (nSPS) is 10.5. The molecule has 98 valence electrons. The third-order valence-corrected chi connectivity index (χ3v) is 3.83. The zero-order valence-corrected chi connectivity index (χ0v) is 12.1. The van der Waals surface area contributed by atoms with Gasteiger partial charge < -0.3 is 0 Å². The molecule has 0 aliphatic rings. The Balaban J connectivity index is 2.13. The molecule has 3 rings (SSSR count). The molecule has 0 saturated heterocycles. The van der Waals surface area contributed by atoms with Crippen LogP contribution in [0.1, 0.15) is 5.56 Å². The van der Waals surface area contributed by atoms with Crippen molar-refractivity contribution in [3.63, 3.8) is 0 Å². The van der Waals surface area contributed by atoms with E-state index < -0.39 is 0 Å². The van der Waals surface area contributed by atoms with Crippen LogP contribution < -0.4 is 0 Å². The Kier molecular flexibility index (Phi) is 3.58. The van der Waals surface area contributed by atoms with Crippen molar-refractivity contribution in [2.24, 2.45) is 0 Å². The highest BCUT2D eigenvalue weighted by atomic mass is 35.5. The Morgan fingerprint density at radius 1 is 0.600 bits per heavy atom. The molecule has 0 fully saturated rings. The van der Waals surface area contributed by atoms with Gasteiger partial charge >= 0.3 is 0 Å². The quantitative estimate of drug-likeness (QED) is 0.541. The summed E-state index contributed by atoms with van der Waals surface area (Å²) < 4.78 is 0. The van der Waals surface area contributed by atoms with E-state index in [0.29, 0.717) is 0 Å². The smallest absolute Gasteiger partial charge is 0.0406 e. The van der Waals surface area contributed by atoms with Crippen LogP contribution in [-0.2, 0) is 0 Å². The minimum Gasteiger partial charge on any atom is -0.0843 e. The molecule has 0 unspecified atom stereocenters. The molecule has 0 aliphatic heterocycles. The number of hydrogen-bond donors (Lipinski definition) is 0. The van der Waals surface area contributed by atoms with Crippen LogP contribution >= 0.6 is 11.6 Å². The average molecular weight is 279 g/mol. The molecule has 0 atom stereocenters. The first-order chi connectivity index (χ1) is 9.75. The molecule has 0 aliphatic carbocycles. The standard InChI is InChI=1S/C19H15Cl/c1-14-18(15-6-3-2-4-7-15)8-5-9-19(14)16-10-12-17(20)13-11-16/h2-13H,1H3. The number of rotatable bonds is 2. The highest BCUT2D eigenvalue weighted by Crippen LogP contribution is 2.32. The van der Waals surface area contributed by atoms with E-state index >= 15 is 0 Å². The number of benzene rings is 3. The number of hydrogen-bond acceptors (Lipinski definition) is 0. The molecule has 0 amide bonds. The van der Waals surface area contributed by atoms with Crippen molar-refractivity contribution in [3.8, 4) is 22.3 Å².